The van der Waals surface area contributed by atoms with Crippen molar-refractivity contribution in [3.8, 4) is 0 Å². The van der Waals surface area contributed by atoms with Crippen molar-refractivity contribution in [1.29, 1.82) is 0 Å². The predicted molar refractivity (Wildman–Crippen MR) is 101 cm³/mol. The van der Waals surface area contributed by atoms with Crippen molar-refractivity contribution in [2.75, 3.05) is 13.1 Å². The van der Waals surface area contributed by atoms with Crippen LogP contribution in [-0.2, 0) is 17.8 Å². The highest BCUT2D eigenvalue weighted by molar-refractivity contribution is 5.35. The Balaban J connectivity index is 1.86. The number of hydrogen-bond acceptors (Lipinski definition) is 2. The number of hydrogen-bond donors (Lipinski definition) is 2. The first kappa shape index (κ1) is 22.6. The summed E-state index contributed by atoms with van der Waals surface area (Å²) in [4.78, 5) is 0. The van der Waals surface area contributed by atoms with Gasteiger partial charge in [-0.15, -0.1) is 0 Å². The third-order valence-electron chi connectivity index (χ3n) is 5.84. The first-order chi connectivity index (χ1) is 14.0. The number of aliphatic hydroxyl groups is 1. The molecular formula is C22H23F6NO. The second-order valence-corrected chi connectivity index (χ2v) is 7.79. The van der Waals surface area contributed by atoms with Gasteiger partial charge in [-0.1, -0.05) is 30.3 Å². The average Bonchev–Trinajstić information content (AvgIpc) is 2.72. The van der Waals surface area contributed by atoms with E-state index in [2.05, 4.69) is 5.32 Å². The van der Waals surface area contributed by atoms with E-state index in [1.165, 1.54) is 0 Å². The molecule has 1 aliphatic rings. The molecule has 8 heteroatoms. The number of halogens is 6. The Hall–Kier alpha value is -2.06. The van der Waals surface area contributed by atoms with E-state index < -0.39 is 29.6 Å². The Labute approximate surface area is 170 Å². The van der Waals surface area contributed by atoms with Gasteiger partial charge in [0, 0.05) is 0 Å². The molecule has 0 bridgehead atoms. The lowest BCUT2D eigenvalue weighted by atomic mass is 9.69. The van der Waals surface area contributed by atoms with Gasteiger partial charge in [0.25, 0.3) is 0 Å². The van der Waals surface area contributed by atoms with Gasteiger partial charge in [-0.2, -0.15) is 26.3 Å². The van der Waals surface area contributed by atoms with Crippen LogP contribution in [0.25, 0.3) is 0 Å². The van der Waals surface area contributed by atoms with Crippen molar-refractivity contribution in [2.24, 2.45) is 0 Å². The minimum Gasteiger partial charge on any atom is -0.388 e. The molecule has 1 saturated heterocycles. The van der Waals surface area contributed by atoms with Gasteiger partial charge < -0.3 is 10.4 Å². The summed E-state index contributed by atoms with van der Waals surface area (Å²) in [5.74, 6) is 0. The maximum absolute atomic E-state index is 13.1. The van der Waals surface area contributed by atoms with Crippen LogP contribution in [-0.4, -0.2) is 18.2 Å². The fourth-order valence-corrected chi connectivity index (χ4v) is 4.13. The van der Waals surface area contributed by atoms with E-state index in [0.717, 1.165) is 31.5 Å². The molecule has 1 fully saturated rings. The summed E-state index contributed by atoms with van der Waals surface area (Å²) in [7, 11) is 0. The third kappa shape index (κ3) is 5.16. The number of rotatable bonds is 5. The van der Waals surface area contributed by atoms with Crippen LogP contribution in [0.4, 0.5) is 26.3 Å². The van der Waals surface area contributed by atoms with E-state index in [-0.39, 0.29) is 23.5 Å². The third-order valence-corrected chi connectivity index (χ3v) is 5.84. The van der Waals surface area contributed by atoms with Crippen LogP contribution in [0.3, 0.4) is 0 Å². The fraction of sp³-hybridized carbons (Fsp3) is 0.455. The summed E-state index contributed by atoms with van der Waals surface area (Å²) >= 11 is 0. The van der Waals surface area contributed by atoms with Crippen molar-refractivity contribution < 1.29 is 31.4 Å². The largest absolute Gasteiger partial charge is 0.416 e. The summed E-state index contributed by atoms with van der Waals surface area (Å²) in [6.07, 6.45) is -9.22. The quantitative estimate of drug-likeness (QED) is 0.582. The fourth-order valence-electron chi connectivity index (χ4n) is 4.13. The van der Waals surface area contributed by atoms with E-state index in [9.17, 15) is 31.4 Å². The first-order valence-corrected chi connectivity index (χ1v) is 9.75. The van der Waals surface area contributed by atoms with Gasteiger partial charge in [0.05, 0.1) is 17.2 Å². The van der Waals surface area contributed by atoms with Crippen LogP contribution in [0.2, 0.25) is 0 Å². The summed E-state index contributed by atoms with van der Waals surface area (Å²) in [6, 6.07) is 10.9. The Morgan fingerprint density at radius 2 is 1.40 bits per heavy atom. The lowest BCUT2D eigenvalue weighted by Gasteiger charge is -2.39. The Bertz CT molecular complexity index is 809. The minimum absolute atomic E-state index is 0.0630. The molecule has 164 valence electrons. The van der Waals surface area contributed by atoms with Crippen LogP contribution in [0.5, 0.6) is 0 Å². The SMILES string of the molecule is O[C@H](CCC1(c2ccccc2)CCNCC1)c1cc(C(F)(F)F)cc(C(F)(F)F)c1. The lowest BCUT2D eigenvalue weighted by molar-refractivity contribution is -0.143. The summed E-state index contributed by atoms with van der Waals surface area (Å²) < 4.78 is 78.6. The van der Waals surface area contributed by atoms with Crippen LogP contribution >= 0.6 is 0 Å². The van der Waals surface area contributed by atoms with Gasteiger partial charge in [-0.3, -0.25) is 0 Å². The van der Waals surface area contributed by atoms with E-state index >= 15 is 0 Å². The van der Waals surface area contributed by atoms with Crippen LogP contribution in [0.15, 0.2) is 48.5 Å². The molecule has 0 unspecified atom stereocenters. The number of alkyl halides is 6. The maximum atomic E-state index is 13.1. The van der Waals surface area contributed by atoms with Crippen LogP contribution < -0.4 is 5.32 Å². The Morgan fingerprint density at radius 1 is 0.867 bits per heavy atom. The molecule has 1 heterocycles. The first-order valence-electron chi connectivity index (χ1n) is 9.75. The topological polar surface area (TPSA) is 32.3 Å². The van der Waals surface area contributed by atoms with E-state index in [0.29, 0.717) is 18.6 Å². The summed E-state index contributed by atoms with van der Waals surface area (Å²) in [6.45, 7) is 1.51. The molecule has 2 aromatic carbocycles. The van der Waals surface area contributed by atoms with Crippen molar-refractivity contribution in [3.05, 3.63) is 70.8 Å². The smallest absolute Gasteiger partial charge is 0.388 e. The zero-order chi connectivity index (χ0) is 22.0. The molecule has 30 heavy (non-hydrogen) atoms. The summed E-state index contributed by atoms with van der Waals surface area (Å²) in [5.41, 5.74) is -2.40. The molecule has 2 N–H and O–H groups in total. The number of benzene rings is 2. The summed E-state index contributed by atoms with van der Waals surface area (Å²) in [5, 5.41) is 13.8. The molecule has 0 aromatic heterocycles. The maximum Gasteiger partial charge on any atom is 0.416 e. The molecule has 1 atom stereocenters. The van der Waals surface area contributed by atoms with Crippen molar-refractivity contribution in [1.82, 2.24) is 5.32 Å². The van der Waals surface area contributed by atoms with Crippen molar-refractivity contribution >= 4 is 0 Å². The van der Waals surface area contributed by atoms with Gasteiger partial charge in [-0.25, -0.2) is 0 Å². The number of aliphatic hydroxyl groups excluding tert-OH is 1. The van der Waals surface area contributed by atoms with E-state index in [1.807, 2.05) is 30.3 Å². The van der Waals surface area contributed by atoms with Gasteiger partial charge in [-0.05, 0) is 73.5 Å². The van der Waals surface area contributed by atoms with Crippen molar-refractivity contribution in [2.45, 2.75) is 49.6 Å². The highest BCUT2D eigenvalue weighted by Crippen LogP contribution is 2.41. The Morgan fingerprint density at radius 3 is 1.90 bits per heavy atom. The molecule has 0 spiro atoms. The van der Waals surface area contributed by atoms with E-state index in [4.69, 9.17) is 0 Å². The number of piperidine rings is 1. The molecular weight excluding hydrogens is 408 g/mol. The monoisotopic (exact) mass is 431 g/mol. The molecule has 0 aliphatic carbocycles. The molecule has 3 rings (SSSR count). The standard InChI is InChI=1S/C22H23F6NO/c23-21(24,25)17-12-15(13-18(14-17)22(26,27)28)19(30)6-7-20(8-10-29-11-9-20)16-4-2-1-3-5-16/h1-5,12-14,19,29-30H,6-11H2/t19-/m1/s1. The number of nitrogens with one attached hydrogen (secondary N) is 1. The lowest BCUT2D eigenvalue weighted by Crippen LogP contribution is -2.40. The second kappa shape index (κ2) is 8.59. The highest BCUT2D eigenvalue weighted by Gasteiger charge is 2.38. The Kier molecular flexibility index (Phi) is 6.48. The second-order valence-electron chi connectivity index (χ2n) is 7.79. The minimum atomic E-state index is -4.93. The molecule has 1 aliphatic heterocycles. The molecule has 0 amide bonds. The van der Waals surface area contributed by atoms with Gasteiger partial charge in [0.1, 0.15) is 0 Å². The predicted octanol–water partition coefficient (Wildman–Crippen LogP) is 5.86. The average molecular weight is 431 g/mol. The highest BCUT2D eigenvalue weighted by atomic mass is 19.4. The molecule has 0 radical (unpaired) electrons. The van der Waals surface area contributed by atoms with Gasteiger partial charge >= 0.3 is 12.4 Å². The van der Waals surface area contributed by atoms with Crippen LogP contribution in [0.1, 0.15) is 54.0 Å². The van der Waals surface area contributed by atoms with Gasteiger partial charge in [0.15, 0.2) is 0 Å². The molecule has 0 saturated carbocycles. The molecule has 2 aromatic rings. The van der Waals surface area contributed by atoms with Crippen LogP contribution in [0, 0.1) is 0 Å². The zero-order valence-electron chi connectivity index (χ0n) is 16.2. The van der Waals surface area contributed by atoms with Crippen molar-refractivity contribution in [3.63, 3.8) is 0 Å². The zero-order valence-corrected chi connectivity index (χ0v) is 16.2. The normalized spacial score (nSPS) is 18.2. The van der Waals surface area contributed by atoms with E-state index in [1.54, 1.807) is 0 Å². The van der Waals surface area contributed by atoms with Gasteiger partial charge in [0.2, 0.25) is 0 Å². The molecule has 2 nitrogen and oxygen atoms in total.